The Morgan fingerprint density at radius 3 is 2.71 bits per heavy atom. The molecule has 0 spiro atoms. The number of esters is 1. The van der Waals surface area contributed by atoms with Crippen molar-refractivity contribution < 1.29 is 32.7 Å². The second kappa shape index (κ2) is 8.05. The minimum atomic E-state index is -4.52. The van der Waals surface area contributed by atoms with Gasteiger partial charge in [-0.2, -0.15) is 0 Å². The Hall–Kier alpha value is -1.50. The molecule has 2 rings (SSSR count). The van der Waals surface area contributed by atoms with E-state index in [1.807, 2.05) is 0 Å². The predicted octanol–water partition coefficient (Wildman–Crippen LogP) is 3.41. The van der Waals surface area contributed by atoms with Gasteiger partial charge in [-0.05, 0) is 30.3 Å². The maximum absolute atomic E-state index is 11.9. The van der Waals surface area contributed by atoms with Gasteiger partial charge in [0.05, 0.1) is 11.3 Å². The monoisotopic (exact) mass is 393 g/mol. The minimum Gasteiger partial charge on any atom is -0.776 e. The van der Waals surface area contributed by atoms with Gasteiger partial charge in [0.25, 0.3) is 0 Å². The number of benzene rings is 1. The number of furan rings is 1. The van der Waals surface area contributed by atoms with Gasteiger partial charge in [0.15, 0.2) is 20.0 Å². The first-order chi connectivity index (χ1) is 11.3. The highest BCUT2D eigenvalue weighted by Crippen LogP contribution is 2.52. The van der Waals surface area contributed by atoms with E-state index in [0.29, 0.717) is 5.02 Å². The molecule has 24 heavy (non-hydrogen) atoms. The quantitative estimate of drug-likeness (QED) is 0.524. The van der Waals surface area contributed by atoms with Crippen LogP contribution in [-0.2, 0) is 18.6 Å². The highest BCUT2D eigenvalue weighted by atomic mass is 35.5. The summed E-state index contributed by atoms with van der Waals surface area (Å²) in [6.07, 6.45) is 1.25. The molecule has 0 saturated heterocycles. The predicted molar refractivity (Wildman–Crippen MR) is 84.1 cm³/mol. The van der Waals surface area contributed by atoms with Crippen LogP contribution in [0.3, 0.4) is 0 Å². The van der Waals surface area contributed by atoms with Crippen molar-refractivity contribution in [3.63, 3.8) is 0 Å². The van der Waals surface area contributed by atoms with Gasteiger partial charge < -0.3 is 27.9 Å². The molecule has 0 amide bonds. The van der Waals surface area contributed by atoms with E-state index in [2.05, 4.69) is 4.52 Å². The topological polar surface area (TPSA) is 98.0 Å². The molecule has 0 N–H and O–H groups in total. The minimum absolute atomic E-state index is 0.0898. The Morgan fingerprint density at radius 1 is 1.38 bits per heavy atom. The lowest BCUT2D eigenvalue weighted by Gasteiger charge is -2.28. The van der Waals surface area contributed by atoms with E-state index in [-0.39, 0.29) is 16.5 Å². The first-order valence-electron chi connectivity index (χ1n) is 6.50. The average molecular weight is 394 g/mol. The molecular formula is C14H12Cl2O7P-. The van der Waals surface area contributed by atoms with Crippen LogP contribution < -0.4 is 9.63 Å². The number of halogens is 2. The van der Waals surface area contributed by atoms with Crippen LogP contribution in [0.4, 0.5) is 0 Å². The van der Waals surface area contributed by atoms with Crippen LogP contribution in [0.5, 0.6) is 5.75 Å². The number of ether oxygens (including phenoxy) is 2. The van der Waals surface area contributed by atoms with Crippen molar-refractivity contribution >= 4 is 36.8 Å². The number of hydrogen-bond donors (Lipinski definition) is 0. The van der Waals surface area contributed by atoms with Crippen molar-refractivity contribution in [3.05, 3.63) is 52.4 Å². The van der Waals surface area contributed by atoms with E-state index < -0.39 is 26.0 Å². The second-order valence-corrected chi connectivity index (χ2v) is 7.20. The summed E-state index contributed by atoms with van der Waals surface area (Å²) in [5, 5.41) is 0.601. The molecule has 2 atom stereocenters. The third-order valence-corrected chi connectivity index (χ3v) is 4.78. The van der Waals surface area contributed by atoms with Gasteiger partial charge in [-0.1, -0.05) is 23.2 Å². The van der Waals surface area contributed by atoms with Gasteiger partial charge >= 0.3 is 5.97 Å². The first kappa shape index (κ1) is 18.8. The summed E-state index contributed by atoms with van der Waals surface area (Å²) in [5.41, 5.74) is 0. The number of carbonyl (C=O) groups is 1. The lowest BCUT2D eigenvalue weighted by Crippen LogP contribution is -2.22. The van der Waals surface area contributed by atoms with Crippen LogP contribution in [0.15, 0.2) is 41.0 Å². The Kier molecular flexibility index (Phi) is 6.32. The Bertz CT molecular complexity index is 748. The summed E-state index contributed by atoms with van der Waals surface area (Å²) in [4.78, 5) is 23.8. The van der Waals surface area contributed by atoms with Crippen molar-refractivity contribution in [2.45, 2.75) is 5.85 Å². The van der Waals surface area contributed by atoms with Gasteiger partial charge in [0.1, 0.15) is 5.75 Å². The Morgan fingerprint density at radius 2 is 2.12 bits per heavy atom. The molecule has 0 radical (unpaired) electrons. The van der Waals surface area contributed by atoms with Crippen LogP contribution in [-0.4, -0.2) is 19.7 Å². The maximum atomic E-state index is 11.9. The molecule has 0 saturated carbocycles. The van der Waals surface area contributed by atoms with Gasteiger partial charge in [0, 0.05) is 12.1 Å². The third-order valence-electron chi connectivity index (χ3n) is 2.81. The van der Waals surface area contributed by atoms with Crippen molar-refractivity contribution in [2.75, 3.05) is 13.7 Å². The van der Waals surface area contributed by atoms with Crippen molar-refractivity contribution in [2.24, 2.45) is 0 Å². The Balaban J connectivity index is 2.04. The van der Waals surface area contributed by atoms with Crippen molar-refractivity contribution in [1.82, 2.24) is 0 Å². The molecule has 2 aromatic rings. The number of hydrogen-bond acceptors (Lipinski definition) is 7. The van der Waals surface area contributed by atoms with E-state index in [9.17, 15) is 14.3 Å². The fourth-order valence-electron chi connectivity index (χ4n) is 1.69. The highest BCUT2D eigenvalue weighted by Gasteiger charge is 2.31. The van der Waals surface area contributed by atoms with E-state index in [1.54, 1.807) is 0 Å². The molecule has 0 aliphatic heterocycles. The molecule has 1 aromatic carbocycles. The zero-order valence-corrected chi connectivity index (χ0v) is 14.7. The summed E-state index contributed by atoms with van der Waals surface area (Å²) in [7, 11) is -3.56. The largest absolute Gasteiger partial charge is 0.776 e. The summed E-state index contributed by atoms with van der Waals surface area (Å²) < 4.78 is 31.4. The van der Waals surface area contributed by atoms with Crippen molar-refractivity contribution in [3.8, 4) is 5.75 Å². The van der Waals surface area contributed by atoms with Gasteiger partial charge in [0.2, 0.25) is 5.85 Å². The van der Waals surface area contributed by atoms with E-state index in [1.165, 1.54) is 36.6 Å². The maximum Gasteiger partial charge on any atom is 0.345 e. The summed E-state index contributed by atoms with van der Waals surface area (Å²) in [5.74, 6) is -2.55. The molecule has 130 valence electrons. The molecule has 0 bridgehead atoms. The normalized spacial score (nSPS) is 14.7. The van der Waals surface area contributed by atoms with E-state index >= 15 is 0 Å². The van der Waals surface area contributed by atoms with Crippen LogP contribution in [0, 0.1) is 0 Å². The second-order valence-electron chi connectivity index (χ2n) is 4.44. The lowest BCUT2D eigenvalue weighted by molar-refractivity contribution is -0.210. The van der Waals surface area contributed by atoms with E-state index in [0.717, 1.165) is 7.11 Å². The van der Waals surface area contributed by atoms with Gasteiger partial charge in [-0.25, -0.2) is 4.79 Å². The fraction of sp³-hybridized carbons (Fsp3) is 0.214. The van der Waals surface area contributed by atoms with Crippen molar-refractivity contribution in [1.29, 1.82) is 0 Å². The number of carbonyl (C=O) groups excluding carboxylic acids is 1. The van der Waals surface area contributed by atoms with Crippen LogP contribution in [0.2, 0.25) is 10.0 Å². The molecule has 0 aliphatic carbocycles. The van der Waals surface area contributed by atoms with Gasteiger partial charge in [-0.15, -0.1) is 0 Å². The summed E-state index contributed by atoms with van der Waals surface area (Å²) in [6.45, 7) is -0.567. The zero-order valence-electron chi connectivity index (χ0n) is 12.3. The molecule has 0 aliphatic rings. The lowest BCUT2D eigenvalue weighted by atomic mass is 10.3. The van der Waals surface area contributed by atoms with E-state index in [4.69, 9.17) is 37.1 Å². The van der Waals surface area contributed by atoms with Crippen LogP contribution in [0.1, 0.15) is 11.6 Å². The molecular weight excluding hydrogens is 382 g/mol. The van der Waals surface area contributed by atoms with Crippen LogP contribution in [0.25, 0.3) is 0 Å². The third kappa shape index (κ3) is 4.75. The zero-order chi connectivity index (χ0) is 17.7. The summed E-state index contributed by atoms with van der Waals surface area (Å²) >= 11 is 11.7. The fourth-order valence-corrected chi connectivity index (χ4v) is 3.05. The molecule has 0 fully saturated rings. The smallest absolute Gasteiger partial charge is 0.345 e. The first-order valence-corrected chi connectivity index (χ1v) is 8.87. The van der Waals surface area contributed by atoms with Gasteiger partial charge in [-0.3, -0.25) is 0 Å². The molecule has 10 heteroatoms. The SMILES string of the molecule is COP(=O)([O-])C(OC(=O)COc1ccc(Cl)cc1Cl)c1ccco1. The Labute approximate surface area is 147 Å². The molecule has 7 nitrogen and oxygen atoms in total. The molecule has 2 unspecified atom stereocenters. The standard InChI is InChI=1S/C14H13Cl2O7P/c1-20-24(18,19)14(12-3-2-6-21-12)23-13(17)8-22-11-5-4-9(15)7-10(11)16/h2-7,14H,8H2,1H3,(H,18,19)/p-1. The average Bonchev–Trinajstić information content (AvgIpc) is 3.05. The molecule has 1 aromatic heterocycles. The molecule has 1 heterocycles. The van der Waals surface area contributed by atoms with Crippen LogP contribution >= 0.6 is 30.8 Å². The highest BCUT2D eigenvalue weighted by molar-refractivity contribution is 7.51. The summed E-state index contributed by atoms with van der Waals surface area (Å²) in [6, 6.07) is 7.23. The number of rotatable bonds is 7.